The molecule has 5 rings (SSSR count). The molecule has 166 valence electrons. The number of carbonyl (C=O) groups excluding carboxylic acids is 2. The number of carbonyl (C=O) groups is 2. The molecular weight excluding hydrogens is 426 g/mol. The van der Waals surface area contributed by atoms with Gasteiger partial charge in [0.1, 0.15) is 11.6 Å². The van der Waals surface area contributed by atoms with E-state index in [1.165, 1.54) is 31.2 Å². The molecule has 1 saturated heterocycles. The first kappa shape index (κ1) is 20.8. The van der Waals surface area contributed by atoms with E-state index in [1.54, 1.807) is 46.1 Å². The van der Waals surface area contributed by atoms with Crippen molar-refractivity contribution in [3.05, 3.63) is 90.1 Å². The molecule has 4 aromatic rings. The third kappa shape index (κ3) is 3.84. The van der Waals surface area contributed by atoms with E-state index in [2.05, 4.69) is 10.4 Å². The van der Waals surface area contributed by atoms with E-state index in [0.29, 0.717) is 16.9 Å². The number of hydrogen-bond acceptors (Lipinski definition) is 3. The summed E-state index contributed by atoms with van der Waals surface area (Å²) in [5.41, 5.74) is 2.72. The van der Waals surface area contributed by atoms with Crippen molar-refractivity contribution in [2.75, 3.05) is 4.90 Å². The minimum Gasteiger partial charge on any atom is -0.351 e. The van der Waals surface area contributed by atoms with Crippen molar-refractivity contribution in [1.29, 1.82) is 0 Å². The monoisotopic (exact) mass is 446 g/mol. The van der Waals surface area contributed by atoms with Gasteiger partial charge < -0.3 is 10.2 Å². The number of anilines is 1. The zero-order chi connectivity index (χ0) is 23.1. The molecule has 2 atom stereocenters. The lowest BCUT2D eigenvalue weighted by Gasteiger charge is -2.29. The van der Waals surface area contributed by atoms with E-state index in [9.17, 15) is 18.4 Å². The molecule has 8 heteroatoms. The van der Waals surface area contributed by atoms with Gasteiger partial charge in [-0.05, 0) is 60.2 Å². The molecule has 33 heavy (non-hydrogen) atoms. The minimum atomic E-state index is -0.554. The van der Waals surface area contributed by atoms with Crippen LogP contribution in [0.3, 0.4) is 0 Å². The number of hydrogen-bond donors (Lipinski definition) is 1. The molecule has 0 saturated carbocycles. The van der Waals surface area contributed by atoms with Crippen LogP contribution in [-0.4, -0.2) is 27.6 Å². The predicted octanol–water partition coefficient (Wildman–Crippen LogP) is 4.29. The largest absolute Gasteiger partial charge is 0.351 e. The SMILES string of the molecule is CC(=O)NC1CC(=O)N(c2ccc3c(cnn3-c3ccc(F)cc3)c2)[C@@H]1c1cccc(F)c1. The van der Waals surface area contributed by atoms with Crippen LogP contribution in [0.2, 0.25) is 0 Å². The van der Waals surface area contributed by atoms with Crippen LogP contribution in [-0.2, 0) is 9.59 Å². The number of rotatable bonds is 4. The zero-order valence-electron chi connectivity index (χ0n) is 17.7. The van der Waals surface area contributed by atoms with E-state index in [1.807, 2.05) is 12.1 Å². The zero-order valence-corrected chi connectivity index (χ0v) is 17.7. The first-order chi connectivity index (χ1) is 15.9. The molecule has 2 amide bonds. The summed E-state index contributed by atoms with van der Waals surface area (Å²) in [6, 6.07) is 16.5. The normalized spacial score (nSPS) is 18.2. The number of nitrogens with zero attached hydrogens (tertiary/aromatic N) is 3. The van der Waals surface area contributed by atoms with Crippen molar-refractivity contribution in [3.8, 4) is 5.69 Å². The summed E-state index contributed by atoms with van der Waals surface area (Å²) >= 11 is 0. The number of aromatic nitrogens is 2. The van der Waals surface area contributed by atoms with E-state index in [0.717, 1.165) is 10.9 Å². The highest BCUT2D eigenvalue weighted by Crippen LogP contribution is 2.38. The van der Waals surface area contributed by atoms with Crippen molar-refractivity contribution in [2.24, 2.45) is 0 Å². The average Bonchev–Trinajstić information content (AvgIpc) is 3.34. The number of amides is 2. The second-order valence-corrected chi connectivity index (χ2v) is 8.05. The standard InChI is InChI=1S/C25H20F2N4O2/c1-15(32)29-22-13-24(33)30(25(22)16-3-2-4-19(27)11-16)21-9-10-23-17(12-21)14-28-31(23)20-7-5-18(26)6-8-20/h2-12,14,22,25H,13H2,1H3,(H,29,32)/t22?,25-/m1/s1. The Morgan fingerprint density at radius 1 is 1.00 bits per heavy atom. The van der Waals surface area contributed by atoms with Gasteiger partial charge in [0.25, 0.3) is 0 Å². The quantitative estimate of drug-likeness (QED) is 0.509. The number of halogens is 2. The highest BCUT2D eigenvalue weighted by molar-refractivity contribution is 6.00. The summed E-state index contributed by atoms with van der Waals surface area (Å²) in [7, 11) is 0. The molecule has 1 aliphatic heterocycles. The lowest BCUT2D eigenvalue weighted by molar-refractivity contribution is -0.119. The molecule has 0 spiro atoms. The van der Waals surface area contributed by atoms with Gasteiger partial charge in [-0.15, -0.1) is 0 Å². The predicted molar refractivity (Wildman–Crippen MR) is 120 cm³/mol. The average molecular weight is 446 g/mol. The Kier molecular flexibility index (Phi) is 5.12. The molecular formula is C25H20F2N4O2. The molecule has 0 radical (unpaired) electrons. The second kappa shape index (κ2) is 8.12. The number of fused-ring (bicyclic) bond motifs is 1. The van der Waals surface area contributed by atoms with Crippen LogP contribution in [0, 0.1) is 11.6 Å². The number of nitrogens with one attached hydrogen (secondary N) is 1. The minimum absolute atomic E-state index is 0.105. The van der Waals surface area contributed by atoms with Crippen LogP contribution >= 0.6 is 0 Å². The fourth-order valence-corrected chi connectivity index (χ4v) is 4.46. The Bertz CT molecular complexity index is 1370. The van der Waals surface area contributed by atoms with Crippen molar-refractivity contribution in [1.82, 2.24) is 15.1 Å². The van der Waals surface area contributed by atoms with Crippen LogP contribution in [0.1, 0.15) is 24.9 Å². The highest BCUT2D eigenvalue weighted by atomic mass is 19.1. The Morgan fingerprint density at radius 2 is 1.76 bits per heavy atom. The third-order valence-electron chi connectivity index (χ3n) is 5.80. The van der Waals surface area contributed by atoms with E-state index in [-0.39, 0.29) is 24.1 Å². The van der Waals surface area contributed by atoms with E-state index < -0.39 is 17.9 Å². The summed E-state index contributed by atoms with van der Waals surface area (Å²) < 4.78 is 29.0. The first-order valence-electron chi connectivity index (χ1n) is 10.5. The molecule has 1 aromatic heterocycles. The van der Waals surface area contributed by atoms with Gasteiger partial charge in [0.2, 0.25) is 11.8 Å². The molecule has 3 aromatic carbocycles. The van der Waals surface area contributed by atoms with Gasteiger partial charge in [-0.1, -0.05) is 12.1 Å². The van der Waals surface area contributed by atoms with Gasteiger partial charge in [-0.3, -0.25) is 9.59 Å². The number of benzene rings is 3. The smallest absolute Gasteiger partial charge is 0.229 e. The molecule has 0 bridgehead atoms. The first-order valence-corrected chi connectivity index (χ1v) is 10.5. The highest BCUT2D eigenvalue weighted by Gasteiger charge is 2.42. The van der Waals surface area contributed by atoms with Gasteiger partial charge in [-0.2, -0.15) is 5.10 Å². The second-order valence-electron chi connectivity index (χ2n) is 8.05. The van der Waals surface area contributed by atoms with Crippen molar-refractivity contribution >= 4 is 28.4 Å². The van der Waals surface area contributed by atoms with Crippen LogP contribution in [0.4, 0.5) is 14.5 Å². The van der Waals surface area contributed by atoms with Gasteiger partial charge in [0.15, 0.2) is 0 Å². The Labute approximate surface area is 188 Å². The van der Waals surface area contributed by atoms with Gasteiger partial charge in [0, 0.05) is 24.4 Å². The van der Waals surface area contributed by atoms with Crippen molar-refractivity contribution in [2.45, 2.75) is 25.4 Å². The summed E-state index contributed by atoms with van der Waals surface area (Å²) in [6.07, 6.45) is 1.78. The van der Waals surface area contributed by atoms with Crippen LogP contribution < -0.4 is 10.2 Å². The topological polar surface area (TPSA) is 67.2 Å². The molecule has 2 heterocycles. The maximum Gasteiger partial charge on any atom is 0.229 e. The summed E-state index contributed by atoms with van der Waals surface area (Å²) in [6.45, 7) is 1.39. The maximum absolute atomic E-state index is 14.0. The Morgan fingerprint density at radius 3 is 2.48 bits per heavy atom. The van der Waals surface area contributed by atoms with Gasteiger partial charge in [0.05, 0.1) is 29.5 Å². The summed E-state index contributed by atoms with van der Waals surface area (Å²) in [4.78, 5) is 26.4. The van der Waals surface area contributed by atoms with E-state index >= 15 is 0 Å². The Balaban J connectivity index is 1.57. The molecule has 1 unspecified atom stereocenters. The molecule has 1 aliphatic rings. The van der Waals surface area contributed by atoms with Crippen LogP contribution in [0.25, 0.3) is 16.6 Å². The fourth-order valence-electron chi connectivity index (χ4n) is 4.46. The van der Waals surface area contributed by atoms with Crippen LogP contribution in [0.5, 0.6) is 0 Å². The van der Waals surface area contributed by atoms with Gasteiger partial charge >= 0.3 is 0 Å². The third-order valence-corrected chi connectivity index (χ3v) is 5.80. The van der Waals surface area contributed by atoms with E-state index in [4.69, 9.17) is 0 Å². The van der Waals surface area contributed by atoms with Crippen molar-refractivity contribution in [3.63, 3.8) is 0 Å². The molecule has 6 nitrogen and oxygen atoms in total. The Hall–Kier alpha value is -4.07. The summed E-state index contributed by atoms with van der Waals surface area (Å²) in [5, 5.41) is 8.03. The lowest BCUT2D eigenvalue weighted by atomic mass is 9.99. The molecule has 1 fully saturated rings. The fraction of sp³-hybridized carbons (Fsp3) is 0.160. The molecule has 0 aliphatic carbocycles. The van der Waals surface area contributed by atoms with Crippen molar-refractivity contribution < 1.29 is 18.4 Å². The molecule has 1 N–H and O–H groups in total. The summed E-state index contributed by atoms with van der Waals surface area (Å²) in [5.74, 6) is -1.17. The van der Waals surface area contributed by atoms with Crippen LogP contribution in [0.15, 0.2) is 72.9 Å². The maximum atomic E-state index is 14.0. The lowest BCUT2D eigenvalue weighted by Crippen LogP contribution is -2.38. The van der Waals surface area contributed by atoms with Gasteiger partial charge in [-0.25, -0.2) is 13.5 Å².